The van der Waals surface area contributed by atoms with Gasteiger partial charge in [-0.2, -0.15) is 11.8 Å². The predicted molar refractivity (Wildman–Crippen MR) is 102 cm³/mol. The number of carbonyl (C=O) groups excluding carboxylic acids is 2. The fourth-order valence-corrected chi connectivity index (χ4v) is 2.86. The van der Waals surface area contributed by atoms with E-state index in [0.29, 0.717) is 16.3 Å². The molecule has 0 aliphatic heterocycles. The van der Waals surface area contributed by atoms with E-state index in [1.54, 1.807) is 26.8 Å². The molecule has 0 saturated carbocycles. The average Bonchev–Trinajstić information content (AvgIpc) is 2.55. The van der Waals surface area contributed by atoms with Gasteiger partial charge in [-0.05, 0) is 44.7 Å². The number of carbonyl (C=O) groups is 2. The standard InChI is InChI=1S/C18H23ClO6S/c1-18(2,3)25-17(21)15-11(10-26-6)12(19)7-8-13(15)24-14(9-22-4)16(20)23-5/h7-9H,10H2,1-6H3/b14-9+. The maximum absolute atomic E-state index is 12.8. The van der Waals surface area contributed by atoms with Crippen LogP contribution in [0.5, 0.6) is 5.75 Å². The fourth-order valence-electron chi connectivity index (χ4n) is 1.96. The maximum Gasteiger partial charge on any atom is 0.377 e. The number of methoxy groups -OCH3 is 2. The molecule has 0 amide bonds. The zero-order chi connectivity index (χ0) is 19.9. The van der Waals surface area contributed by atoms with Crippen LogP contribution in [-0.4, -0.2) is 38.0 Å². The Bertz CT molecular complexity index is 694. The zero-order valence-electron chi connectivity index (χ0n) is 15.7. The summed E-state index contributed by atoms with van der Waals surface area (Å²) in [5.41, 5.74) is 0.0149. The molecule has 0 aromatic heterocycles. The van der Waals surface area contributed by atoms with E-state index in [-0.39, 0.29) is 17.1 Å². The van der Waals surface area contributed by atoms with Gasteiger partial charge < -0.3 is 18.9 Å². The van der Waals surface area contributed by atoms with Crippen LogP contribution in [0.3, 0.4) is 0 Å². The second-order valence-corrected chi connectivity index (χ2v) is 7.42. The first-order chi connectivity index (χ1) is 12.1. The van der Waals surface area contributed by atoms with Gasteiger partial charge >= 0.3 is 11.9 Å². The molecule has 8 heteroatoms. The molecule has 0 unspecified atom stereocenters. The molecule has 1 rings (SSSR count). The summed E-state index contributed by atoms with van der Waals surface area (Å²) in [5, 5.41) is 0.405. The molecule has 1 aromatic carbocycles. The van der Waals surface area contributed by atoms with Crippen molar-refractivity contribution in [3.05, 3.63) is 40.3 Å². The lowest BCUT2D eigenvalue weighted by molar-refractivity contribution is -0.138. The van der Waals surface area contributed by atoms with E-state index < -0.39 is 17.5 Å². The summed E-state index contributed by atoms with van der Waals surface area (Å²) in [6, 6.07) is 3.09. The Morgan fingerprint density at radius 1 is 1.23 bits per heavy atom. The normalized spacial score (nSPS) is 11.7. The maximum atomic E-state index is 12.8. The Kier molecular flexibility index (Phi) is 8.30. The molecule has 0 spiro atoms. The van der Waals surface area contributed by atoms with Crippen LogP contribution in [0.15, 0.2) is 24.2 Å². The van der Waals surface area contributed by atoms with Crippen LogP contribution >= 0.6 is 23.4 Å². The summed E-state index contributed by atoms with van der Waals surface area (Å²) >= 11 is 7.76. The van der Waals surface area contributed by atoms with Crippen molar-refractivity contribution in [2.24, 2.45) is 0 Å². The molecule has 0 atom stereocenters. The van der Waals surface area contributed by atoms with E-state index in [1.165, 1.54) is 32.0 Å². The number of hydrogen-bond acceptors (Lipinski definition) is 7. The molecular formula is C18H23ClO6S. The number of rotatable bonds is 7. The predicted octanol–water partition coefficient (Wildman–Crippen LogP) is 4.20. The minimum atomic E-state index is -0.747. The summed E-state index contributed by atoms with van der Waals surface area (Å²) in [6.07, 6.45) is 2.97. The van der Waals surface area contributed by atoms with Crippen molar-refractivity contribution in [1.29, 1.82) is 0 Å². The highest BCUT2D eigenvalue weighted by atomic mass is 35.5. The Labute approximate surface area is 162 Å². The minimum Gasteiger partial charge on any atom is -0.500 e. The molecule has 0 fully saturated rings. The second kappa shape index (κ2) is 9.73. The fraction of sp³-hybridized carbons (Fsp3) is 0.444. The van der Waals surface area contributed by atoms with Crippen LogP contribution in [0.2, 0.25) is 5.02 Å². The molecule has 0 aliphatic carbocycles. The first-order valence-electron chi connectivity index (χ1n) is 7.67. The van der Waals surface area contributed by atoms with E-state index >= 15 is 0 Å². The number of hydrogen-bond donors (Lipinski definition) is 0. The van der Waals surface area contributed by atoms with Gasteiger partial charge in [-0.15, -0.1) is 0 Å². The van der Waals surface area contributed by atoms with Gasteiger partial charge in [0.2, 0.25) is 5.76 Å². The van der Waals surface area contributed by atoms with Gasteiger partial charge in [0.1, 0.15) is 23.2 Å². The molecular weight excluding hydrogens is 380 g/mol. The molecule has 1 aromatic rings. The lowest BCUT2D eigenvalue weighted by atomic mass is 10.1. The van der Waals surface area contributed by atoms with Crippen molar-refractivity contribution in [3.8, 4) is 5.75 Å². The van der Waals surface area contributed by atoms with Gasteiger partial charge in [0, 0.05) is 10.8 Å². The molecule has 0 heterocycles. The number of ether oxygens (including phenoxy) is 4. The largest absolute Gasteiger partial charge is 0.500 e. The quantitative estimate of drug-likeness (QED) is 0.384. The summed E-state index contributed by atoms with van der Waals surface area (Å²) < 4.78 is 20.6. The Hall–Kier alpha value is -1.86. The lowest BCUT2D eigenvalue weighted by Gasteiger charge is -2.22. The summed E-state index contributed by atoms with van der Waals surface area (Å²) in [6.45, 7) is 5.28. The van der Waals surface area contributed by atoms with Crippen LogP contribution in [0.25, 0.3) is 0 Å². The van der Waals surface area contributed by atoms with Crippen LogP contribution in [-0.2, 0) is 24.8 Å². The summed E-state index contributed by atoms with van der Waals surface area (Å²) in [5.74, 6) is -0.964. The number of benzene rings is 1. The third kappa shape index (κ3) is 6.14. The third-order valence-corrected chi connectivity index (χ3v) is 3.87. The Balaban J connectivity index is 3.47. The monoisotopic (exact) mass is 402 g/mol. The molecule has 0 saturated heterocycles. The molecule has 144 valence electrons. The summed E-state index contributed by atoms with van der Waals surface area (Å²) in [7, 11) is 2.58. The van der Waals surface area contributed by atoms with Crippen LogP contribution in [0.1, 0.15) is 36.7 Å². The van der Waals surface area contributed by atoms with E-state index in [4.69, 9.17) is 25.8 Å². The molecule has 26 heavy (non-hydrogen) atoms. The van der Waals surface area contributed by atoms with Crippen LogP contribution in [0.4, 0.5) is 0 Å². The van der Waals surface area contributed by atoms with Crippen molar-refractivity contribution < 1.29 is 28.5 Å². The Morgan fingerprint density at radius 2 is 1.88 bits per heavy atom. The highest BCUT2D eigenvalue weighted by Crippen LogP contribution is 2.34. The smallest absolute Gasteiger partial charge is 0.377 e. The van der Waals surface area contributed by atoms with E-state index in [9.17, 15) is 9.59 Å². The molecule has 0 bridgehead atoms. The molecule has 6 nitrogen and oxygen atoms in total. The number of halogens is 1. The highest BCUT2D eigenvalue weighted by Gasteiger charge is 2.27. The van der Waals surface area contributed by atoms with Gasteiger partial charge in [-0.1, -0.05) is 11.6 Å². The average molecular weight is 403 g/mol. The first-order valence-corrected chi connectivity index (χ1v) is 9.44. The molecule has 0 aliphatic rings. The lowest BCUT2D eigenvalue weighted by Crippen LogP contribution is -2.25. The van der Waals surface area contributed by atoms with Crippen molar-refractivity contribution >= 4 is 35.3 Å². The van der Waals surface area contributed by atoms with Crippen molar-refractivity contribution in [3.63, 3.8) is 0 Å². The molecule has 0 N–H and O–H groups in total. The van der Waals surface area contributed by atoms with Gasteiger partial charge in [0.05, 0.1) is 14.2 Å². The van der Waals surface area contributed by atoms with Gasteiger partial charge in [0.15, 0.2) is 0 Å². The minimum absolute atomic E-state index is 0.126. The summed E-state index contributed by atoms with van der Waals surface area (Å²) in [4.78, 5) is 24.6. The topological polar surface area (TPSA) is 71.1 Å². The SMILES string of the molecule is CO/C=C(/Oc1ccc(Cl)c(CSC)c1C(=O)OC(C)(C)C)C(=O)OC. The molecule has 0 radical (unpaired) electrons. The van der Waals surface area contributed by atoms with E-state index in [2.05, 4.69) is 4.74 Å². The van der Waals surface area contributed by atoms with E-state index in [1.807, 2.05) is 6.26 Å². The second-order valence-electron chi connectivity index (χ2n) is 6.15. The highest BCUT2D eigenvalue weighted by molar-refractivity contribution is 7.97. The van der Waals surface area contributed by atoms with Crippen molar-refractivity contribution in [2.45, 2.75) is 32.1 Å². The number of esters is 2. The van der Waals surface area contributed by atoms with Crippen molar-refractivity contribution in [1.82, 2.24) is 0 Å². The van der Waals surface area contributed by atoms with Gasteiger partial charge in [0.25, 0.3) is 0 Å². The van der Waals surface area contributed by atoms with E-state index in [0.717, 1.165) is 6.26 Å². The zero-order valence-corrected chi connectivity index (χ0v) is 17.2. The van der Waals surface area contributed by atoms with Crippen molar-refractivity contribution in [2.75, 3.05) is 20.5 Å². The number of thioether (sulfide) groups is 1. The van der Waals surface area contributed by atoms with Gasteiger partial charge in [-0.3, -0.25) is 0 Å². The third-order valence-electron chi connectivity index (χ3n) is 2.94. The Morgan fingerprint density at radius 3 is 2.38 bits per heavy atom. The first kappa shape index (κ1) is 22.2. The van der Waals surface area contributed by atoms with Crippen LogP contribution in [0, 0.1) is 0 Å². The van der Waals surface area contributed by atoms with Crippen LogP contribution < -0.4 is 4.74 Å². The van der Waals surface area contributed by atoms with Gasteiger partial charge in [-0.25, -0.2) is 9.59 Å².